The predicted octanol–water partition coefficient (Wildman–Crippen LogP) is 4.88. The molecule has 0 amide bonds. The number of fused-ring (bicyclic) bond motifs is 3. The molecule has 1 aliphatic rings. The maximum atomic E-state index is 13.4. The van der Waals surface area contributed by atoms with Crippen LogP contribution in [0.2, 0.25) is 0 Å². The van der Waals surface area contributed by atoms with Crippen molar-refractivity contribution in [3.05, 3.63) is 80.8 Å². The van der Waals surface area contributed by atoms with Gasteiger partial charge in [0.15, 0.2) is 5.16 Å². The van der Waals surface area contributed by atoms with Crippen molar-refractivity contribution >= 4 is 33.3 Å². The topological polar surface area (TPSA) is 48.0 Å². The Balaban J connectivity index is 1.60. The summed E-state index contributed by atoms with van der Waals surface area (Å²) in [6, 6.07) is 14.0. The third-order valence-corrected chi connectivity index (χ3v) is 7.13. The molecule has 0 spiro atoms. The Hall–Kier alpha value is -2.31. The lowest BCUT2D eigenvalue weighted by Crippen LogP contribution is -2.24. The number of hydrogen-bond donors (Lipinski definition) is 0. The lowest BCUT2D eigenvalue weighted by molar-refractivity contribution is 0.476. The van der Waals surface area contributed by atoms with E-state index in [1.807, 2.05) is 30.3 Å². The molecule has 0 fully saturated rings. The maximum absolute atomic E-state index is 13.4. The second-order valence-corrected chi connectivity index (χ2v) is 8.70. The first-order valence-corrected chi connectivity index (χ1v) is 10.8. The molecule has 0 aliphatic heterocycles. The van der Waals surface area contributed by atoms with Crippen LogP contribution in [0.15, 0.2) is 63.1 Å². The average molecular weight is 395 g/mol. The molecule has 3 aromatic heterocycles. The Morgan fingerprint density at radius 1 is 1.15 bits per heavy atom. The van der Waals surface area contributed by atoms with E-state index in [0.29, 0.717) is 6.54 Å². The molecule has 5 rings (SSSR count). The van der Waals surface area contributed by atoms with Gasteiger partial charge in [-0.1, -0.05) is 42.1 Å². The summed E-state index contributed by atoms with van der Waals surface area (Å²) in [7, 11) is 0. The number of furan rings is 1. The minimum Gasteiger partial charge on any atom is -0.467 e. The van der Waals surface area contributed by atoms with Crippen LogP contribution in [-0.4, -0.2) is 9.55 Å². The van der Waals surface area contributed by atoms with Gasteiger partial charge in [0.1, 0.15) is 10.6 Å². The lowest BCUT2D eigenvalue weighted by Gasteiger charge is -2.11. The van der Waals surface area contributed by atoms with Crippen LogP contribution in [0.3, 0.4) is 0 Å². The molecule has 1 aromatic carbocycles. The number of aryl methyl sites for hydroxylation is 2. The molecule has 27 heavy (non-hydrogen) atoms. The molecule has 0 radical (unpaired) electrons. The summed E-state index contributed by atoms with van der Waals surface area (Å²) in [5.41, 5.74) is 2.50. The van der Waals surface area contributed by atoms with Crippen LogP contribution in [0.1, 0.15) is 28.2 Å². The lowest BCUT2D eigenvalue weighted by atomic mass is 10.2. The monoisotopic (exact) mass is 394 g/mol. The van der Waals surface area contributed by atoms with Gasteiger partial charge in [0.2, 0.25) is 0 Å². The van der Waals surface area contributed by atoms with Crippen molar-refractivity contribution in [3.63, 3.8) is 0 Å². The standard InChI is InChI=1S/C21H18N2O2S2/c24-20-18-16-9-4-10-17(16)27-19(18)22-21(23(20)12-15-8-5-11-25-15)26-13-14-6-2-1-3-7-14/h1-3,5-8,11H,4,9-10,12-13H2. The second-order valence-electron chi connectivity index (χ2n) is 6.68. The van der Waals surface area contributed by atoms with Gasteiger partial charge in [-0.05, 0) is 42.5 Å². The third kappa shape index (κ3) is 3.13. The molecular formula is C21H18N2O2S2. The number of nitrogens with zero attached hydrogens (tertiary/aromatic N) is 2. The molecule has 136 valence electrons. The van der Waals surface area contributed by atoms with Gasteiger partial charge in [-0.15, -0.1) is 11.3 Å². The van der Waals surface area contributed by atoms with Gasteiger partial charge in [-0.2, -0.15) is 0 Å². The molecule has 0 saturated heterocycles. The molecule has 3 heterocycles. The van der Waals surface area contributed by atoms with Crippen molar-refractivity contribution in [1.82, 2.24) is 9.55 Å². The summed E-state index contributed by atoms with van der Waals surface area (Å²) in [4.78, 5) is 20.5. The molecule has 0 saturated carbocycles. The summed E-state index contributed by atoms with van der Waals surface area (Å²) in [5, 5.41) is 1.58. The molecule has 0 atom stereocenters. The van der Waals surface area contributed by atoms with Crippen molar-refractivity contribution in [2.75, 3.05) is 0 Å². The van der Waals surface area contributed by atoms with Gasteiger partial charge in [-0.25, -0.2) is 4.98 Å². The van der Waals surface area contributed by atoms with Gasteiger partial charge >= 0.3 is 0 Å². The first-order chi connectivity index (χ1) is 13.3. The van der Waals surface area contributed by atoms with Crippen molar-refractivity contribution in [2.45, 2.75) is 36.7 Å². The highest BCUT2D eigenvalue weighted by Crippen LogP contribution is 2.36. The number of thiophene rings is 1. The fourth-order valence-electron chi connectivity index (χ4n) is 3.59. The van der Waals surface area contributed by atoms with E-state index in [2.05, 4.69) is 12.1 Å². The van der Waals surface area contributed by atoms with Crippen molar-refractivity contribution in [1.29, 1.82) is 0 Å². The van der Waals surface area contributed by atoms with E-state index < -0.39 is 0 Å². The summed E-state index contributed by atoms with van der Waals surface area (Å²) in [6.45, 7) is 0.413. The van der Waals surface area contributed by atoms with Crippen molar-refractivity contribution in [3.8, 4) is 0 Å². The molecule has 0 N–H and O–H groups in total. The summed E-state index contributed by atoms with van der Waals surface area (Å²) in [5.74, 6) is 1.55. The smallest absolute Gasteiger partial charge is 0.263 e. The Labute approximate surface area is 164 Å². The van der Waals surface area contributed by atoms with E-state index >= 15 is 0 Å². The van der Waals surface area contributed by atoms with E-state index in [1.54, 1.807) is 33.9 Å². The Kier molecular flexibility index (Phi) is 4.38. The number of rotatable bonds is 5. The third-order valence-electron chi connectivity index (χ3n) is 4.89. The van der Waals surface area contributed by atoms with E-state index in [4.69, 9.17) is 9.40 Å². The van der Waals surface area contributed by atoms with Crippen LogP contribution in [-0.2, 0) is 25.1 Å². The quantitative estimate of drug-likeness (QED) is 0.357. The number of hydrogen-bond acceptors (Lipinski definition) is 5. The Morgan fingerprint density at radius 2 is 2.04 bits per heavy atom. The molecule has 1 aliphatic carbocycles. The number of aromatic nitrogens is 2. The largest absolute Gasteiger partial charge is 0.467 e. The fraction of sp³-hybridized carbons (Fsp3) is 0.238. The fourth-order valence-corrected chi connectivity index (χ4v) is 5.85. The van der Waals surface area contributed by atoms with Crippen LogP contribution >= 0.6 is 23.1 Å². The molecule has 4 nitrogen and oxygen atoms in total. The summed E-state index contributed by atoms with van der Waals surface area (Å²) >= 11 is 3.30. The van der Waals surface area contributed by atoms with E-state index in [1.165, 1.54) is 16.0 Å². The average Bonchev–Trinajstić information content (AvgIpc) is 3.40. The highest BCUT2D eigenvalue weighted by Gasteiger charge is 2.23. The normalized spacial score (nSPS) is 13.3. The number of benzene rings is 1. The van der Waals surface area contributed by atoms with Gasteiger partial charge in [0, 0.05) is 10.6 Å². The van der Waals surface area contributed by atoms with E-state index in [9.17, 15) is 4.79 Å². The zero-order chi connectivity index (χ0) is 18.2. The van der Waals surface area contributed by atoms with Crippen molar-refractivity contribution < 1.29 is 4.42 Å². The predicted molar refractivity (Wildman–Crippen MR) is 110 cm³/mol. The molecular weight excluding hydrogens is 376 g/mol. The van der Waals surface area contributed by atoms with Crippen LogP contribution in [0.4, 0.5) is 0 Å². The molecule has 0 unspecified atom stereocenters. The van der Waals surface area contributed by atoms with E-state index in [-0.39, 0.29) is 5.56 Å². The van der Waals surface area contributed by atoms with Crippen LogP contribution in [0.5, 0.6) is 0 Å². The Bertz CT molecular complexity index is 1140. The van der Waals surface area contributed by atoms with Crippen LogP contribution in [0.25, 0.3) is 10.2 Å². The van der Waals surface area contributed by atoms with Gasteiger partial charge in [0.25, 0.3) is 5.56 Å². The minimum atomic E-state index is 0.0614. The molecule has 4 aromatic rings. The summed E-state index contributed by atoms with van der Waals surface area (Å²) in [6.07, 6.45) is 4.84. The van der Waals surface area contributed by atoms with Gasteiger partial charge < -0.3 is 4.42 Å². The number of thioether (sulfide) groups is 1. The molecule has 6 heteroatoms. The summed E-state index contributed by atoms with van der Waals surface area (Å²) < 4.78 is 7.28. The first-order valence-electron chi connectivity index (χ1n) is 9.04. The highest BCUT2D eigenvalue weighted by atomic mass is 32.2. The minimum absolute atomic E-state index is 0.0614. The van der Waals surface area contributed by atoms with Crippen molar-refractivity contribution in [2.24, 2.45) is 0 Å². The highest BCUT2D eigenvalue weighted by molar-refractivity contribution is 7.98. The second kappa shape index (κ2) is 7.02. The zero-order valence-corrected chi connectivity index (χ0v) is 16.3. The van der Waals surface area contributed by atoms with Gasteiger partial charge in [0.05, 0.1) is 18.2 Å². The maximum Gasteiger partial charge on any atom is 0.263 e. The Morgan fingerprint density at radius 3 is 2.85 bits per heavy atom. The first kappa shape index (κ1) is 16.8. The molecule has 0 bridgehead atoms. The van der Waals surface area contributed by atoms with Gasteiger partial charge in [-0.3, -0.25) is 9.36 Å². The SMILES string of the molecule is O=c1c2c3c(sc2nc(SCc2ccccc2)n1Cc1ccco1)CCC3. The van der Waals surface area contributed by atoms with Crippen LogP contribution in [0, 0.1) is 0 Å². The van der Waals surface area contributed by atoms with E-state index in [0.717, 1.165) is 46.1 Å². The zero-order valence-electron chi connectivity index (χ0n) is 14.7. The van der Waals surface area contributed by atoms with Crippen LogP contribution < -0.4 is 5.56 Å².